The number of carbonyl (C=O) groups is 2. The minimum atomic E-state index is -1.07. The summed E-state index contributed by atoms with van der Waals surface area (Å²) >= 11 is 0. The van der Waals surface area contributed by atoms with Crippen LogP contribution in [0.5, 0.6) is 0 Å². The molecule has 9 heteroatoms. The molecule has 3 atom stereocenters. The second kappa shape index (κ2) is 15.8. The van der Waals surface area contributed by atoms with Crippen LogP contribution in [-0.4, -0.2) is 49.3 Å². The molecule has 0 aliphatic rings. The van der Waals surface area contributed by atoms with E-state index in [1.54, 1.807) is 24.3 Å². The summed E-state index contributed by atoms with van der Waals surface area (Å²) in [5.41, 5.74) is 3.27. The van der Waals surface area contributed by atoms with Gasteiger partial charge in [-0.1, -0.05) is 61.5 Å². The summed E-state index contributed by atoms with van der Waals surface area (Å²) in [6, 6.07) is 18.7. The number of aliphatic hydroxyl groups is 1. The van der Waals surface area contributed by atoms with Crippen molar-refractivity contribution < 1.29 is 28.2 Å². The number of aryl methyl sites for hydroxylation is 1. The van der Waals surface area contributed by atoms with Crippen molar-refractivity contribution >= 4 is 11.8 Å². The highest BCUT2D eigenvalue weighted by Gasteiger charge is 2.25. The molecule has 0 aliphatic carbocycles. The molecule has 0 spiro atoms. The summed E-state index contributed by atoms with van der Waals surface area (Å²) in [5, 5.41) is 19.9. The van der Waals surface area contributed by atoms with E-state index >= 15 is 0 Å². The predicted molar refractivity (Wildman–Crippen MR) is 149 cm³/mol. The maximum absolute atomic E-state index is 13.9. The smallest absolute Gasteiger partial charge is 0.246 e. The van der Waals surface area contributed by atoms with Crippen molar-refractivity contribution in [1.29, 1.82) is 0 Å². The Labute approximate surface area is 234 Å². The molecule has 0 aliphatic heterocycles. The van der Waals surface area contributed by atoms with Gasteiger partial charge < -0.3 is 25.8 Å². The van der Waals surface area contributed by atoms with Crippen LogP contribution in [0, 0.1) is 11.6 Å². The van der Waals surface area contributed by atoms with E-state index in [1.165, 1.54) is 24.8 Å². The van der Waals surface area contributed by atoms with Gasteiger partial charge >= 0.3 is 0 Å². The minimum Gasteiger partial charge on any atom is -0.390 e. The van der Waals surface area contributed by atoms with Crippen molar-refractivity contribution in [3.05, 3.63) is 107 Å². The van der Waals surface area contributed by atoms with Gasteiger partial charge in [-0.2, -0.15) is 0 Å². The monoisotopic (exact) mass is 553 g/mol. The third-order valence-corrected chi connectivity index (χ3v) is 6.47. The molecule has 0 radical (unpaired) electrons. The fourth-order valence-electron chi connectivity index (χ4n) is 4.49. The van der Waals surface area contributed by atoms with Crippen LogP contribution in [0.2, 0.25) is 0 Å². The first-order chi connectivity index (χ1) is 19.3. The zero-order chi connectivity index (χ0) is 28.9. The molecule has 2 amide bonds. The summed E-state index contributed by atoms with van der Waals surface area (Å²) in [4.78, 5) is 25.4. The Bertz CT molecular complexity index is 1220. The van der Waals surface area contributed by atoms with E-state index in [4.69, 9.17) is 4.74 Å². The van der Waals surface area contributed by atoms with E-state index in [0.29, 0.717) is 12.1 Å². The third-order valence-electron chi connectivity index (χ3n) is 6.47. The molecule has 3 rings (SSSR count). The number of amides is 2. The number of carbonyl (C=O) groups excluding carboxylic acids is 2. The zero-order valence-electron chi connectivity index (χ0n) is 22.8. The SMILES string of the molecule is CCc1cccc(CNCC(O)C(Cc2cc(F)cc(F)c2)NC(=O)CC(NC(=O)COC)c2ccccc2)c1. The first kappa shape index (κ1) is 30.9. The zero-order valence-corrected chi connectivity index (χ0v) is 22.8. The molecule has 0 saturated heterocycles. The lowest BCUT2D eigenvalue weighted by atomic mass is 9.99. The summed E-state index contributed by atoms with van der Waals surface area (Å²) in [6.07, 6.45) is -0.272. The Kier molecular flexibility index (Phi) is 12.2. The Morgan fingerprint density at radius 1 is 0.875 bits per heavy atom. The molecule has 0 bridgehead atoms. The molecular formula is C31H37F2N3O4. The number of hydrogen-bond donors (Lipinski definition) is 4. The molecular weight excluding hydrogens is 516 g/mol. The molecule has 0 heterocycles. The Morgan fingerprint density at radius 3 is 2.25 bits per heavy atom. The fourth-order valence-corrected chi connectivity index (χ4v) is 4.49. The quantitative estimate of drug-likeness (QED) is 0.231. The van der Waals surface area contributed by atoms with Gasteiger partial charge in [-0.15, -0.1) is 0 Å². The van der Waals surface area contributed by atoms with E-state index in [0.717, 1.165) is 23.6 Å². The lowest BCUT2D eigenvalue weighted by Crippen LogP contribution is -2.49. The van der Waals surface area contributed by atoms with E-state index in [-0.39, 0.29) is 31.9 Å². The molecule has 3 aromatic carbocycles. The predicted octanol–water partition coefficient (Wildman–Crippen LogP) is 3.60. The van der Waals surface area contributed by atoms with Crippen LogP contribution in [0.25, 0.3) is 0 Å². The largest absolute Gasteiger partial charge is 0.390 e. The molecule has 0 fully saturated rings. The molecule has 4 N–H and O–H groups in total. The van der Waals surface area contributed by atoms with Crippen LogP contribution in [0.15, 0.2) is 72.8 Å². The van der Waals surface area contributed by atoms with Gasteiger partial charge in [-0.05, 0) is 47.2 Å². The van der Waals surface area contributed by atoms with Crippen LogP contribution >= 0.6 is 0 Å². The molecule has 7 nitrogen and oxygen atoms in total. The Morgan fingerprint density at radius 2 is 1.57 bits per heavy atom. The van der Waals surface area contributed by atoms with Gasteiger partial charge in [0, 0.05) is 26.3 Å². The van der Waals surface area contributed by atoms with E-state index in [9.17, 15) is 23.5 Å². The maximum Gasteiger partial charge on any atom is 0.246 e. The first-order valence-corrected chi connectivity index (χ1v) is 13.3. The highest BCUT2D eigenvalue weighted by atomic mass is 19.1. The molecule has 0 aromatic heterocycles. The summed E-state index contributed by atoms with van der Waals surface area (Å²) in [5.74, 6) is -2.31. The van der Waals surface area contributed by atoms with Crippen LogP contribution in [0.3, 0.4) is 0 Å². The molecule has 3 aromatic rings. The topological polar surface area (TPSA) is 99.7 Å². The minimum absolute atomic E-state index is 0.000619. The van der Waals surface area contributed by atoms with Gasteiger partial charge in [0.25, 0.3) is 0 Å². The van der Waals surface area contributed by atoms with Gasteiger partial charge in [-0.3, -0.25) is 9.59 Å². The van der Waals surface area contributed by atoms with Gasteiger partial charge in [0.05, 0.1) is 24.6 Å². The van der Waals surface area contributed by atoms with E-state index in [2.05, 4.69) is 28.9 Å². The average Bonchev–Trinajstić information content (AvgIpc) is 2.92. The fraction of sp³-hybridized carbons (Fsp3) is 0.355. The van der Waals surface area contributed by atoms with Crippen molar-refractivity contribution in [2.45, 2.75) is 50.9 Å². The molecule has 214 valence electrons. The van der Waals surface area contributed by atoms with Gasteiger partial charge in [0.15, 0.2) is 0 Å². The summed E-state index contributed by atoms with van der Waals surface area (Å²) in [6.45, 7) is 2.54. The van der Waals surface area contributed by atoms with Crippen molar-refractivity contribution in [3.8, 4) is 0 Å². The lowest BCUT2D eigenvalue weighted by Gasteiger charge is -2.26. The number of aliphatic hydroxyl groups excluding tert-OH is 1. The van der Waals surface area contributed by atoms with Crippen LogP contribution in [0.1, 0.15) is 41.6 Å². The standard InChI is InChI=1S/C31H37F2N3O4/c1-3-21-8-7-9-22(12-21)18-34-19-29(37)28(15-23-13-25(32)16-26(33)14-23)36-30(38)17-27(35-31(39)20-40-2)24-10-5-4-6-11-24/h4-14,16,27-29,34,37H,3,15,17-20H2,1-2H3,(H,35,39)(H,36,38). The second-order valence-corrected chi connectivity index (χ2v) is 9.70. The maximum atomic E-state index is 13.9. The summed E-state index contributed by atoms with van der Waals surface area (Å²) < 4.78 is 32.7. The number of nitrogens with one attached hydrogen (secondary N) is 3. The van der Waals surface area contributed by atoms with Crippen molar-refractivity contribution in [1.82, 2.24) is 16.0 Å². The Hall–Kier alpha value is -3.66. The number of rotatable bonds is 15. The van der Waals surface area contributed by atoms with Crippen molar-refractivity contribution in [2.75, 3.05) is 20.3 Å². The normalized spacial score (nSPS) is 13.3. The third kappa shape index (κ3) is 10.1. The van der Waals surface area contributed by atoms with Crippen LogP contribution in [-0.2, 0) is 33.7 Å². The molecule has 40 heavy (non-hydrogen) atoms. The van der Waals surface area contributed by atoms with Crippen LogP contribution < -0.4 is 16.0 Å². The van der Waals surface area contributed by atoms with Gasteiger partial charge in [0.1, 0.15) is 18.2 Å². The number of hydrogen-bond acceptors (Lipinski definition) is 5. The number of halogens is 2. The van der Waals surface area contributed by atoms with E-state index in [1.807, 2.05) is 24.3 Å². The van der Waals surface area contributed by atoms with E-state index < -0.39 is 35.7 Å². The van der Waals surface area contributed by atoms with Crippen molar-refractivity contribution in [3.63, 3.8) is 0 Å². The molecule has 3 unspecified atom stereocenters. The average molecular weight is 554 g/mol. The summed E-state index contributed by atoms with van der Waals surface area (Å²) in [7, 11) is 1.40. The highest BCUT2D eigenvalue weighted by molar-refractivity contribution is 5.81. The number of methoxy groups -OCH3 is 1. The van der Waals surface area contributed by atoms with Crippen molar-refractivity contribution in [2.24, 2.45) is 0 Å². The van der Waals surface area contributed by atoms with Gasteiger partial charge in [-0.25, -0.2) is 8.78 Å². The van der Waals surface area contributed by atoms with Gasteiger partial charge in [0.2, 0.25) is 11.8 Å². The lowest BCUT2D eigenvalue weighted by molar-refractivity contribution is -0.126. The molecule has 0 saturated carbocycles. The number of ether oxygens (including phenoxy) is 1. The Balaban J connectivity index is 1.72. The van der Waals surface area contributed by atoms with Crippen LogP contribution in [0.4, 0.5) is 8.78 Å². The first-order valence-electron chi connectivity index (χ1n) is 13.3. The number of benzene rings is 3. The second-order valence-electron chi connectivity index (χ2n) is 9.70. The highest BCUT2D eigenvalue weighted by Crippen LogP contribution is 2.18.